The van der Waals surface area contributed by atoms with Crippen LogP contribution in [-0.4, -0.2) is 30.7 Å². The molecule has 0 aromatic heterocycles. The van der Waals surface area contributed by atoms with E-state index in [0.717, 1.165) is 12.8 Å². The molecule has 1 heterocycles. The Labute approximate surface area is 95.9 Å². The van der Waals surface area contributed by atoms with Gasteiger partial charge in [0.2, 0.25) is 0 Å². The number of ether oxygens (including phenoxy) is 1. The quantitative estimate of drug-likeness (QED) is 0.738. The van der Waals surface area contributed by atoms with Crippen LogP contribution in [0.2, 0.25) is 0 Å². The van der Waals surface area contributed by atoms with Gasteiger partial charge >= 0.3 is 6.03 Å². The maximum atomic E-state index is 11.6. The summed E-state index contributed by atoms with van der Waals surface area (Å²) in [4.78, 5) is 23.0. The summed E-state index contributed by atoms with van der Waals surface area (Å²) in [6, 6.07) is -0.373. The van der Waals surface area contributed by atoms with Crippen molar-refractivity contribution in [3.63, 3.8) is 0 Å². The standard InChI is InChI=1S/C11H20N2O3/c1-4-6-8-9(7(3)14)10(16-5-2)13-11(15)12-8/h8-10H,4-6H2,1-3H3,(H2,12,13,15). The van der Waals surface area contributed by atoms with Crippen LogP contribution in [0.5, 0.6) is 0 Å². The third kappa shape index (κ3) is 2.95. The van der Waals surface area contributed by atoms with Gasteiger partial charge in [0.1, 0.15) is 12.0 Å². The summed E-state index contributed by atoms with van der Waals surface area (Å²) < 4.78 is 5.41. The lowest BCUT2D eigenvalue weighted by molar-refractivity contribution is -0.129. The minimum absolute atomic E-state index is 0.0457. The number of hydrogen-bond acceptors (Lipinski definition) is 3. The molecule has 0 aromatic carbocycles. The fraction of sp³-hybridized carbons (Fsp3) is 0.818. The monoisotopic (exact) mass is 228 g/mol. The van der Waals surface area contributed by atoms with Gasteiger partial charge in [-0.25, -0.2) is 4.79 Å². The lowest BCUT2D eigenvalue weighted by atomic mass is 9.89. The highest BCUT2D eigenvalue weighted by molar-refractivity contribution is 5.84. The summed E-state index contributed by atoms with van der Waals surface area (Å²) in [5, 5.41) is 5.43. The van der Waals surface area contributed by atoms with Crippen LogP contribution < -0.4 is 10.6 Å². The molecule has 16 heavy (non-hydrogen) atoms. The molecule has 1 rings (SSSR count). The first kappa shape index (κ1) is 13.0. The number of hydrogen-bond donors (Lipinski definition) is 2. The Balaban J connectivity index is 2.80. The average Bonchev–Trinajstić information content (AvgIpc) is 2.17. The first-order valence-electron chi connectivity index (χ1n) is 5.79. The highest BCUT2D eigenvalue weighted by Gasteiger charge is 2.39. The lowest BCUT2D eigenvalue weighted by Crippen LogP contribution is -2.62. The normalized spacial score (nSPS) is 29.4. The summed E-state index contributed by atoms with van der Waals surface area (Å²) in [5.41, 5.74) is 0. The van der Waals surface area contributed by atoms with E-state index in [1.54, 1.807) is 6.92 Å². The van der Waals surface area contributed by atoms with Gasteiger partial charge < -0.3 is 15.4 Å². The van der Waals surface area contributed by atoms with E-state index < -0.39 is 6.23 Å². The van der Waals surface area contributed by atoms with Crippen LogP contribution in [0.15, 0.2) is 0 Å². The van der Waals surface area contributed by atoms with Crippen LogP contribution in [0.3, 0.4) is 0 Å². The van der Waals surface area contributed by atoms with Gasteiger partial charge in [-0.2, -0.15) is 0 Å². The molecule has 0 bridgehead atoms. The van der Waals surface area contributed by atoms with Crippen LogP contribution in [0, 0.1) is 5.92 Å². The molecule has 0 spiro atoms. The fourth-order valence-corrected chi connectivity index (χ4v) is 2.11. The van der Waals surface area contributed by atoms with Crippen LogP contribution in [0.4, 0.5) is 4.79 Å². The van der Waals surface area contributed by atoms with Crippen LogP contribution in [0.1, 0.15) is 33.6 Å². The predicted octanol–water partition coefficient (Wildman–Crippen LogP) is 1.04. The van der Waals surface area contributed by atoms with Gasteiger partial charge in [0, 0.05) is 12.6 Å². The van der Waals surface area contributed by atoms with E-state index >= 15 is 0 Å². The molecule has 5 heteroatoms. The molecule has 5 nitrogen and oxygen atoms in total. The number of nitrogens with one attached hydrogen (secondary N) is 2. The molecule has 0 aromatic rings. The Kier molecular flexibility index (Phi) is 4.73. The maximum Gasteiger partial charge on any atom is 0.317 e. The van der Waals surface area contributed by atoms with E-state index in [1.165, 1.54) is 0 Å². The number of carbonyl (C=O) groups is 2. The number of amides is 2. The van der Waals surface area contributed by atoms with Crippen molar-refractivity contribution in [1.29, 1.82) is 0 Å². The van der Waals surface area contributed by atoms with E-state index in [0.29, 0.717) is 6.61 Å². The van der Waals surface area contributed by atoms with E-state index in [2.05, 4.69) is 10.6 Å². The minimum Gasteiger partial charge on any atom is -0.358 e. The molecule has 1 aliphatic heterocycles. The lowest BCUT2D eigenvalue weighted by Gasteiger charge is -2.37. The minimum atomic E-state index is -0.493. The highest BCUT2D eigenvalue weighted by Crippen LogP contribution is 2.20. The van der Waals surface area contributed by atoms with E-state index in [4.69, 9.17) is 4.74 Å². The molecule has 0 saturated carbocycles. The summed E-state index contributed by atoms with van der Waals surface area (Å²) in [6.45, 7) is 5.90. The average molecular weight is 228 g/mol. The molecule has 3 unspecified atom stereocenters. The zero-order valence-electron chi connectivity index (χ0n) is 10.1. The molecule has 0 radical (unpaired) electrons. The Morgan fingerprint density at radius 1 is 1.38 bits per heavy atom. The summed E-state index contributed by atoms with van der Waals surface area (Å²) >= 11 is 0. The molecule has 0 aliphatic carbocycles. The Bertz CT molecular complexity index is 250. The zero-order chi connectivity index (χ0) is 12.1. The maximum absolute atomic E-state index is 11.6. The largest absolute Gasteiger partial charge is 0.358 e. The van der Waals surface area contributed by atoms with Crippen molar-refractivity contribution >= 4 is 11.8 Å². The van der Waals surface area contributed by atoms with Crippen molar-refractivity contribution < 1.29 is 14.3 Å². The van der Waals surface area contributed by atoms with Crippen molar-refractivity contribution in [3.05, 3.63) is 0 Å². The number of ketones is 1. The topological polar surface area (TPSA) is 67.4 Å². The van der Waals surface area contributed by atoms with Gasteiger partial charge in [-0.05, 0) is 20.3 Å². The fourth-order valence-electron chi connectivity index (χ4n) is 2.11. The molecule has 1 aliphatic rings. The Hall–Kier alpha value is -1.10. The van der Waals surface area contributed by atoms with Gasteiger partial charge in [0.15, 0.2) is 0 Å². The molecule has 2 amide bonds. The van der Waals surface area contributed by atoms with E-state index in [9.17, 15) is 9.59 Å². The molecule has 3 atom stereocenters. The first-order chi connectivity index (χ1) is 7.60. The van der Waals surface area contributed by atoms with Crippen LogP contribution in [0.25, 0.3) is 0 Å². The molecule has 2 N–H and O–H groups in total. The second-order valence-electron chi connectivity index (χ2n) is 4.03. The Morgan fingerprint density at radius 2 is 2.06 bits per heavy atom. The van der Waals surface area contributed by atoms with Gasteiger partial charge in [0.25, 0.3) is 0 Å². The van der Waals surface area contributed by atoms with Crippen molar-refractivity contribution in [2.24, 2.45) is 5.92 Å². The third-order valence-electron chi connectivity index (χ3n) is 2.76. The van der Waals surface area contributed by atoms with Gasteiger partial charge in [-0.3, -0.25) is 4.79 Å². The summed E-state index contributed by atoms with van der Waals surface area (Å²) in [7, 11) is 0. The number of Topliss-reactive ketones (excluding diaryl/α,β-unsaturated/α-hetero) is 1. The second kappa shape index (κ2) is 5.84. The highest BCUT2D eigenvalue weighted by atomic mass is 16.5. The summed E-state index contributed by atoms with van der Waals surface area (Å²) in [5.74, 6) is -0.248. The summed E-state index contributed by atoms with van der Waals surface area (Å²) in [6.07, 6.45) is 1.22. The SMILES string of the molecule is CCCC1NC(=O)NC(OCC)C1C(C)=O. The van der Waals surface area contributed by atoms with Crippen molar-refractivity contribution in [2.75, 3.05) is 6.61 Å². The van der Waals surface area contributed by atoms with E-state index in [1.807, 2.05) is 13.8 Å². The van der Waals surface area contributed by atoms with E-state index in [-0.39, 0.29) is 23.8 Å². The molecule has 1 fully saturated rings. The van der Waals surface area contributed by atoms with Crippen LogP contribution in [-0.2, 0) is 9.53 Å². The van der Waals surface area contributed by atoms with Gasteiger partial charge in [-0.15, -0.1) is 0 Å². The van der Waals surface area contributed by atoms with Crippen molar-refractivity contribution in [2.45, 2.75) is 45.9 Å². The van der Waals surface area contributed by atoms with Gasteiger partial charge in [0.05, 0.1) is 5.92 Å². The zero-order valence-corrected chi connectivity index (χ0v) is 10.1. The first-order valence-corrected chi connectivity index (χ1v) is 5.79. The van der Waals surface area contributed by atoms with Crippen molar-refractivity contribution in [1.82, 2.24) is 10.6 Å². The molecular weight excluding hydrogens is 208 g/mol. The number of rotatable bonds is 5. The Morgan fingerprint density at radius 3 is 2.56 bits per heavy atom. The van der Waals surface area contributed by atoms with Crippen LogP contribution >= 0.6 is 0 Å². The van der Waals surface area contributed by atoms with Crippen molar-refractivity contribution in [3.8, 4) is 0 Å². The molecular formula is C11H20N2O3. The second-order valence-corrected chi connectivity index (χ2v) is 4.03. The smallest absolute Gasteiger partial charge is 0.317 e. The molecule has 92 valence electrons. The number of urea groups is 1. The van der Waals surface area contributed by atoms with Gasteiger partial charge in [-0.1, -0.05) is 13.3 Å². The number of carbonyl (C=O) groups excluding carboxylic acids is 2. The third-order valence-corrected chi connectivity index (χ3v) is 2.76. The predicted molar refractivity (Wildman–Crippen MR) is 59.9 cm³/mol. The molecule has 1 saturated heterocycles.